The number of aliphatic carboxylic acids is 1. The molecule has 1 aliphatic heterocycles. The summed E-state index contributed by atoms with van der Waals surface area (Å²) in [7, 11) is 0. The van der Waals surface area contributed by atoms with Crippen molar-refractivity contribution in [3.8, 4) is 0 Å². The van der Waals surface area contributed by atoms with E-state index in [1.165, 1.54) is 0 Å². The highest BCUT2D eigenvalue weighted by Gasteiger charge is 2.29. The van der Waals surface area contributed by atoms with E-state index >= 15 is 0 Å². The van der Waals surface area contributed by atoms with Gasteiger partial charge >= 0.3 is 5.97 Å². The van der Waals surface area contributed by atoms with Crippen molar-refractivity contribution in [1.82, 2.24) is 4.90 Å². The molecule has 0 aromatic heterocycles. The highest BCUT2D eigenvalue weighted by atomic mass is 35.5. The molecule has 1 fully saturated rings. The van der Waals surface area contributed by atoms with Crippen LogP contribution < -0.4 is 0 Å². The van der Waals surface area contributed by atoms with Crippen LogP contribution in [0, 0.1) is 5.92 Å². The van der Waals surface area contributed by atoms with Crippen LogP contribution in [-0.4, -0.2) is 28.6 Å². The first-order chi connectivity index (χ1) is 8.97. The summed E-state index contributed by atoms with van der Waals surface area (Å²) < 4.78 is 0. The standard InChI is InChI=1S/C14H17Cl2NO2/c1-9-6-11(14(18)19)4-5-17(9)8-10-2-3-12(15)13(16)7-10/h2-3,7,9,11H,4-6,8H2,1H3,(H,18,19). The number of benzene rings is 1. The fourth-order valence-corrected chi connectivity index (χ4v) is 2.87. The van der Waals surface area contributed by atoms with Crippen LogP contribution in [0.2, 0.25) is 10.0 Å². The molecule has 0 aliphatic carbocycles. The average Bonchev–Trinajstić information content (AvgIpc) is 2.36. The van der Waals surface area contributed by atoms with Crippen molar-refractivity contribution in [3.05, 3.63) is 33.8 Å². The minimum atomic E-state index is -0.680. The molecule has 0 bridgehead atoms. The van der Waals surface area contributed by atoms with Crippen molar-refractivity contribution in [3.63, 3.8) is 0 Å². The topological polar surface area (TPSA) is 40.5 Å². The lowest BCUT2D eigenvalue weighted by Crippen LogP contribution is -2.42. The fourth-order valence-electron chi connectivity index (χ4n) is 2.55. The molecular weight excluding hydrogens is 285 g/mol. The number of hydrogen-bond acceptors (Lipinski definition) is 2. The van der Waals surface area contributed by atoms with Gasteiger partial charge in [0.05, 0.1) is 16.0 Å². The molecule has 0 spiro atoms. The molecule has 2 rings (SSSR count). The highest BCUT2D eigenvalue weighted by molar-refractivity contribution is 6.42. The van der Waals surface area contributed by atoms with Gasteiger partial charge in [-0.15, -0.1) is 0 Å². The predicted molar refractivity (Wildman–Crippen MR) is 76.7 cm³/mol. The smallest absolute Gasteiger partial charge is 0.306 e. The van der Waals surface area contributed by atoms with Crippen molar-refractivity contribution in [2.75, 3.05) is 6.54 Å². The number of carboxylic acids is 1. The van der Waals surface area contributed by atoms with Crippen LogP contribution in [0.5, 0.6) is 0 Å². The summed E-state index contributed by atoms with van der Waals surface area (Å²) in [6.45, 7) is 3.66. The number of carbonyl (C=O) groups is 1. The van der Waals surface area contributed by atoms with E-state index in [1.807, 2.05) is 12.1 Å². The summed E-state index contributed by atoms with van der Waals surface area (Å²) in [5.74, 6) is -0.888. The zero-order chi connectivity index (χ0) is 14.0. The molecule has 1 heterocycles. The lowest BCUT2D eigenvalue weighted by molar-refractivity contribution is -0.144. The first-order valence-corrected chi connectivity index (χ1v) is 7.13. The van der Waals surface area contributed by atoms with Gasteiger partial charge in [0.1, 0.15) is 0 Å². The van der Waals surface area contributed by atoms with Gasteiger partial charge in [-0.25, -0.2) is 0 Å². The maximum atomic E-state index is 11.0. The van der Waals surface area contributed by atoms with Crippen LogP contribution in [0.3, 0.4) is 0 Å². The van der Waals surface area contributed by atoms with Gasteiger partial charge in [-0.2, -0.15) is 0 Å². The predicted octanol–water partition coefficient (Wildman–Crippen LogP) is 3.68. The SMILES string of the molecule is CC1CC(C(=O)O)CCN1Cc1ccc(Cl)c(Cl)c1. The second-order valence-electron chi connectivity index (χ2n) is 5.13. The van der Waals surface area contributed by atoms with Gasteiger partial charge in [0.25, 0.3) is 0 Å². The Morgan fingerprint density at radius 2 is 2.16 bits per heavy atom. The summed E-state index contributed by atoms with van der Waals surface area (Å²) in [4.78, 5) is 13.3. The van der Waals surface area contributed by atoms with Crippen LogP contribution >= 0.6 is 23.2 Å². The minimum Gasteiger partial charge on any atom is -0.481 e. The average molecular weight is 302 g/mol. The summed E-state index contributed by atoms with van der Waals surface area (Å²) in [6, 6.07) is 5.90. The number of halogens is 2. The fraction of sp³-hybridized carbons (Fsp3) is 0.500. The highest BCUT2D eigenvalue weighted by Crippen LogP contribution is 2.27. The minimum absolute atomic E-state index is 0.208. The van der Waals surface area contributed by atoms with Crippen molar-refractivity contribution < 1.29 is 9.90 Å². The Morgan fingerprint density at radius 1 is 1.42 bits per heavy atom. The van der Waals surface area contributed by atoms with Gasteiger partial charge in [0, 0.05) is 12.6 Å². The second kappa shape index (κ2) is 6.12. The lowest BCUT2D eigenvalue weighted by Gasteiger charge is -2.36. The number of carboxylic acid groups (broad SMARTS) is 1. The molecule has 19 heavy (non-hydrogen) atoms. The summed E-state index contributed by atoms with van der Waals surface area (Å²) in [5, 5.41) is 10.2. The van der Waals surface area contributed by atoms with Crippen LogP contribution in [0.4, 0.5) is 0 Å². The molecule has 0 saturated carbocycles. The molecule has 2 atom stereocenters. The second-order valence-corrected chi connectivity index (χ2v) is 5.94. The van der Waals surface area contributed by atoms with E-state index in [9.17, 15) is 4.79 Å². The van der Waals surface area contributed by atoms with E-state index in [1.54, 1.807) is 6.07 Å². The lowest BCUT2D eigenvalue weighted by atomic mass is 9.91. The zero-order valence-electron chi connectivity index (χ0n) is 10.8. The van der Waals surface area contributed by atoms with Crippen molar-refractivity contribution in [1.29, 1.82) is 0 Å². The van der Waals surface area contributed by atoms with Crippen molar-refractivity contribution in [2.45, 2.75) is 32.4 Å². The Morgan fingerprint density at radius 3 is 2.74 bits per heavy atom. The van der Waals surface area contributed by atoms with E-state index in [-0.39, 0.29) is 12.0 Å². The van der Waals surface area contributed by atoms with E-state index < -0.39 is 5.97 Å². The van der Waals surface area contributed by atoms with E-state index in [0.717, 1.165) is 18.7 Å². The third-order valence-corrected chi connectivity index (χ3v) is 4.47. The third-order valence-electron chi connectivity index (χ3n) is 3.73. The van der Waals surface area contributed by atoms with E-state index in [0.29, 0.717) is 22.9 Å². The van der Waals surface area contributed by atoms with Gasteiger partial charge < -0.3 is 5.11 Å². The quantitative estimate of drug-likeness (QED) is 0.926. The Hall–Kier alpha value is -0.770. The molecule has 2 unspecified atom stereocenters. The molecule has 5 heteroatoms. The zero-order valence-corrected chi connectivity index (χ0v) is 12.3. The first kappa shape index (κ1) is 14.6. The monoisotopic (exact) mass is 301 g/mol. The first-order valence-electron chi connectivity index (χ1n) is 6.38. The van der Waals surface area contributed by atoms with E-state index in [2.05, 4.69) is 11.8 Å². The molecule has 1 saturated heterocycles. The van der Waals surface area contributed by atoms with E-state index in [4.69, 9.17) is 28.3 Å². The molecule has 0 radical (unpaired) electrons. The molecule has 1 N–H and O–H groups in total. The number of piperidine rings is 1. The molecule has 3 nitrogen and oxygen atoms in total. The normalized spacial score (nSPS) is 24.4. The van der Waals surface area contributed by atoms with Crippen LogP contribution in [0.1, 0.15) is 25.3 Å². The Bertz CT molecular complexity index is 479. The summed E-state index contributed by atoms with van der Waals surface area (Å²) in [6.07, 6.45) is 1.41. The van der Waals surface area contributed by atoms with Gasteiger partial charge in [-0.3, -0.25) is 9.69 Å². The number of hydrogen-bond donors (Lipinski definition) is 1. The largest absolute Gasteiger partial charge is 0.481 e. The Labute approximate surface area is 123 Å². The van der Waals surface area contributed by atoms with Crippen LogP contribution in [0.25, 0.3) is 0 Å². The third kappa shape index (κ3) is 3.62. The van der Waals surface area contributed by atoms with Crippen LogP contribution in [-0.2, 0) is 11.3 Å². The van der Waals surface area contributed by atoms with Crippen molar-refractivity contribution in [2.24, 2.45) is 5.92 Å². The maximum absolute atomic E-state index is 11.0. The molecule has 1 aliphatic rings. The Balaban J connectivity index is 2.00. The molecule has 104 valence electrons. The molecule has 1 aromatic rings. The number of likely N-dealkylation sites (tertiary alicyclic amines) is 1. The van der Waals surface area contributed by atoms with Gasteiger partial charge in [-0.1, -0.05) is 29.3 Å². The maximum Gasteiger partial charge on any atom is 0.306 e. The van der Waals surface area contributed by atoms with Gasteiger partial charge in [0.2, 0.25) is 0 Å². The summed E-state index contributed by atoms with van der Waals surface area (Å²) in [5.41, 5.74) is 1.11. The summed E-state index contributed by atoms with van der Waals surface area (Å²) >= 11 is 11.9. The Kier molecular flexibility index (Phi) is 4.71. The molecule has 0 amide bonds. The molecular formula is C14H17Cl2NO2. The number of rotatable bonds is 3. The number of nitrogens with zero attached hydrogens (tertiary/aromatic N) is 1. The van der Waals surface area contributed by atoms with Crippen LogP contribution in [0.15, 0.2) is 18.2 Å². The molecule has 1 aromatic carbocycles. The van der Waals surface area contributed by atoms with Gasteiger partial charge in [-0.05, 0) is 44.0 Å². The van der Waals surface area contributed by atoms with Crippen molar-refractivity contribution >= 4 is 29.2 Å². The van der Waals surface area contributed by atoms with Gasteiger partial charge in [0.15, 0.2) is 0 Å².